The molecule has 0 N–H and O–H groups in total. The molecule has 0 radical (unpaired) electrons. The first-order chi connectivity index (χ1) is 8.61. The molecule has 0 heterocycles. The fourth-order valence-corrected chi connectivity index (χ4v) is 2.69. The zero-order valence-electron chi connectivity index (χ0n) is 10.3. The van der Waals surface area contributed by atoms with Crippen LogP contribution in [0.25, 0.3) is 0 Å². The molecule has 0 aromatic heterocycles. The average molecular weight is 309 g/mol. The number of hydrogen-bond acceptors (Lipinski definition) is 1. The van der Waals surface area contributed by atoms with Crippen molar-refractivity contribution >= 4 is 15.9 Å². The van der Waals surface area contributed by atoms with Gasteiger partial charge in [0, 0.05) is 0 Å². The van der Waals surface area contributed by atoms with Gasteiger partial charge in [-0.25, -0.2) is 4.39 Å². The Bertz CT molecular complexity index is 537. The fraction of sp³-hybridized carbons (Fsp3) is 0.200. The average Bonchev–Trinajstić information content (AvgIpc) is 2.38. The van der Waals surface area contributed by atoms with Crippen LogP contribution in [0.15, 0.2) is 42.5 Å². The highest BCUT2D eigenvalue weighted by Crippen LogP contribution is 2.33. The number of benzene rings is 2. The van der Waals surface area contributed by atoms with Crippen molar-refractivity contribution in [3.63, 3.8) is 0 Å². The van der Waals surface area contributed by atoms with Crippen LogP contribution in [0.5, 0.6) is 5.75 Å². The summed E-state index contributed by atoms with van der Waals surface area (Å²) < 4.78 is 18.2. The molecule has 18 heavy (non-hydrogen) atoms. The minimum absolute atomic E-state index is 0.0593. The monoisotopic (exact) mass is 308 g/mol. The molecule has 0 saturated heterocycles. The van der Waals surface area contributed by atoms with Crippen LogP contribution in [0.3, 0.4) is 0 Å². The third-order valence-electron chi connectivity index (χ3n) is 2.91. The highest BCUT2D eigenvalue weighted by Gasteiger charge is 2.13. The van der Waals surface area contributed by atoms with E-state index in [1.807, 2.05) is 37.3 Å². The summed E-state index contributed by atoms with van der Waals surface area (Å²) in [5.74, 6) is 0.625. The number of alkyl halides is 1. The molecule has 3 heteroatoms. The molecule has 0 aliphatic rings. The molecule has 2 aromatic rings. The van der Waals surface area contributed by atoms with Crippen molar-refractivity contribution in [2.45, 2.75) is 11.8 Å². The predicted molar refractivity (Wildman–Crippen MR) is 74.9 cm³/mol. The number of halogens is 2. The molecule has 0 aliphatic heterocycles. The van der Waals surface area contributed by atoms with Gasteiger partial charge in [-0.2, -0.15) is 0 Å². The van der Waals surface area contributed by atoms with Crippen molar-refractivity contribution in [3.8, 4) is 5.75 Å². The molecular weight excluding hydrogens is 295 g/mol. The van der Waals surface area contributed by atoms with Gasteiger partial charge in [-0.05, 0) is 47.9 Å². The SMILES string of the molecule is COc1ccc(C(Br)c2ccc(F)cc2C)cc1. The molecule has 1 unspecified atom stereocenters. The maximum absolute atomic E-state index is 13.1. The van der Waals surface area contributed by atoms with E-state index in [-0.39, 0.29) is 10.6 Å². The van der Waals surface area contributed by atoms with Crippen molar-refractivity contribution in [2.24, 2.45) is 0 Å². The number of rotatable bonds is 3. The standard InChI is InChI=1S/C15H14BrFO/c1-10-9-12(17)5-8-14(10)15(16)11-3-6-13(18-2)7-4-11/h3-9,15H,1-2H3. The van der Waals surface area contributed by atoms with Gasteiger partial charge in [0.05, 0.1) is 11.9 Å². The van der Waals surface area contributed by atoms with Crippen LogP contribution in [0.4, 0.5) is 4.39 Å². The summed E-state index contributed by atoms with van der Waals surface area (Å²) in [7, 11) is 1.64. The van der Waals surface area contributed by atoms with Crippen LogP contribution in [0.2, 0.25) is 0 Å². The van der Waals surface area contributed by atoms with E-state index in [9.17, 15) is 4.39 Å². The Balaban J connectivity index is 2.31. The molecular formula is C15H14BrFO. The second-order valence-electron chi connectivity index (χ2n) is 4.14. The smallest absolute Gasteiger partial charge is 0.123 e. The van der Waals surface area contributed by atoms with E-state index < -0.39 is 0 Å². The van der Waals surface area contributed by atoms with E-state index in [2.05, 4.69) is 15.9 Å². The first kappa shape index (κ1) is 13.1. The van der Waals surface area contributed by atoms with Crippen molar-refractivity contribution in [3.05, 3.63) is 65.0 Å². The van der Waals surface area contributed by atoms with E-state index in [1.54, 1.807) is 13.2 Å². The van der Waals surface area contributed by atoms with E-state index in [0.29, 0.717) is 0 Å². The van der Waals surface area contributed by atoms with Crippen molar-refractivity contribution < 1.29 is 9.13 Å². The van der Waals surface area contributed by atoms with E-state index in [4.69, 9.17) is 4.74 Å². The molecule has 0 fully saturated rings. The van der Waals surface area contributed by atoms with Crippen molar-refractivity contribution in [1.82, 2.24) is 0 Å². The lowest BCUT2D eigenvalue weighted by Gasteiger charge is -2.14. The quantitative estimate of drug-likeness (QED) is 0.751. The Morgan fingerprint density at radius 1 is 1.11 bits per heavy atom. The number of methoxy groups -OCH3 is 1. The Morgan fingerprint density at radius 3 is 2.33 bits per heavy atom. The maximum Gasteiger partial charge on any atom is 0.123 e. The van der Waals surface area contributed by atoms with Crippen LogP contribution in [-0.2, 0) is 0 Å². The normalized spacial score (nSPS) is 12.2. The van der Waals surface area contributed by atoms with Gasteiger partial charge in [-0.1, -0.05) is 34.1 Å². The molecule has 1 atom stereocenters. The van der Waals surface area contributed by atoms with Gasteiger partial charge in [-0.15, -0.1) is 0 Å². The van der Waals surface area contributed by atoms with E-state index in [1.165, 1.54) is 6.07 Å². The van der Waals surface area contributed by atoms with Crippen LogP contribution in [-0.4, -0.2) is 7.11 Å². The zero-order chi connectivity index (χ0) is 13.1. The predicted octanol–water partition coefficient (Wildman–Crippen LogP) is 4.63. The third-order valence-corrected chi connectivity index (χ3v) is 3.94. The van der Waals surface area contributed by atoms with Gasteiger partial charge in [0.15, 0.2) is 0 Å². The van der Waals surface area contributed by atoms with Gasteiger partial charge < -0.3 is 4.74 Å². The molecule has 0 bridgehead atoms. The molecule has 0 aliphatic carbocycles. The molecule has 94 valence electrons. The Labute approximate surface area is 115 Å². The molecule has 0 amide bonds. The highest BCUT2D eigenvalue weighted by atomic mass is 79.9. The minimum Gasteiger partial charge on any atom is -0.497 e. The molecule has 0 spiro atoms. The summed E-state index contributed by atoms with van der Waals surface area (Å²) in [6.45, 7) is 1.91. The summed E-state index contributed by atoms with van der Waals surface area (Å²) in [4.78, 5) is 0.0593. The second-order valence-corrected chi connectivity index (χ2v) is 5.05. The number of hydrogen-bond donors (Lipinski definition) is 0. The highest BCUT2D eigenvalue weighted by molar-refractivity contribution is 9.09. The maximum atomic E-state index is 13.1. The minimum atomic E-state index is -0.203. The Morgan fingerprint density at radius 2 is 1.78 bits per heavy atom. The lowest BCUT2D eigenvalue weighted by atomic mass is 10.0. The first-order valence-electron chi connectivity index (χ1n) is 5.66. The fourth-order valence-electron chi connectivity index (χ4n) is 1.88. The van der Waals surface area contributed by atoms with Crippen LogP contribution in [0.1, 0.15) is 21.5 Å². The number of ether oxygens (including phenoxy) is 1. The van der Waals surface area contributed by atoms with Gasteiger partial charge in [-0.3, -0.25) is 0 Å². The molecule has 1 nitrogen and oxygen atoms in total. The summed E-state index contributed by atoms with van der Waals surface area (Å²) in [5.41, 5.74) is 3.12. The van der Waals surface area contributed by atoms with Crippen LogP contribution < -0.4 is 4.74 Å². The van der Waals surface area contributed by atoms with Crippen molar-refractivity contribution in [1.29, 1.82) is 0 Å². The lowest BCUT2D eigenvalue weighted by Crippen LogP contribution is -1.96. The van der Waals surface area contributed by atoms with E-state index in [0.717, 1.165) is 22.4 Å². The molecule has 2 aromatic carbocycles. The summed E-state index contributed by atoms with van der Waals surface area (Å²) >= 11 is 3.65. The second kappa shape index (κ2) is 5.53. The van der Waals surface area contributed by atoms with Crippen LogP contribution >= 0.6 is 15.9 Å². The third kappa shape index (κ3) is 2.72. The number of aryl methyl sites for hydroxylation is 1. The Kier molecular flexibility index (Phi) is 4.02. The van der Waals surface area contributed by atoms with E-state index >= 15 is 0 Å². The largest absolute Gasteiger partial charge is 0.497 e. The van der Waals surface area contributed by atoms with Crippen LogP contribution in [0, 0.1) is 12.7 Å². The zero-order valence-corrected chi connectivity index (χ0v) is 11.9. The van der Waals surface area contributed by atoms with Gasteiger partial charge in [0.25, 0.3) is 0 Å². The molecule has 2 rings (SSSR count). The van der Waals surface area contributed by atoms with Gasteiger partial charge in [0.1, 0.15) is 11.6 Å². The summed E-state index contributed by atoms with van der Waals surface area (Å²) in [5, 5.41) is 0. The van der Waals surface area contributed by atoms with Gasteiger partial charge in [0.2, 0.25) is 0 Å². The first-order valence-corrected chi connectivity index (χ1v) is 6.57. The molecule has 0 saturated carbocycles. The Hall–Kier alpha value is -1.35. The summed E-state index contributed by atoms with van der Waals surface area (Å²) in [6.07, 6.45) is 0. The topological polar surface area (TPSA) is 9.23 Å². The lowest BCUT2D eigenvalue weighted by molar-refractivity contribution is 0.414. The van der Waals surface area contributed by atoms with Gasteiger partial charge >= 0.3 is 0 Å². The summed E-state index contributed by atoms with van der Waals surface area (Å²) in [6, 6.07) is 12.7. The van der Waals surface area contributed by atoms with Crippen molar-refractivity contribution in [2.75, 3.05) is 7.11 Å².